The summed E-state index contributed by atoms with van der Waals surface area (Å²) in [6.07, 6.45) is 6.28. The van der Waals surface area contributed by atoms with E-state index in [0.717, 1.165) is 37.8 Å². The van der Waals surface area contributed by atoms with E-state index >= 15 is 0 Å². The van der Waals surface area contributed by atoms with Gasteiger partial charge in [0.25, 0.3) is 5.91 Å². The Morgan fingerprint density at radius 2 is 2.16 bits per heavy atom. The second-order valence-corrected chi connectivity index (χ2v) is 6.11. The summed E-state index contributed by atoms with van der Waals surface area (Å²) in [7, 11) is 0. The fourth-order valence-corrected chi connectivity index (χ4v) is 3.18. The molecule has 1 heterocycles. The number of nitrogens with zero attached hydrogens (tertiary/aromatic N) is 1. The quantitative estimate of drug-likeness (QED) is 0.604. The number of hydrogen-bond donors (Lipinski definition) is 0. The number of thioether (sulfide) groups is 1. The van der Waals surface area contributed by atoms with Crippen molar-refractivity contribution in [1.29, 1.82) is 0 Å². The average molecular weight is 298 g/mol. The highest BCUT2D eigenvalue weighted by Gasteiger charge is 2.28. The third-order valence-electron chi connectivity index (χ3n) is 3.65. The van der Waals surface area contributed by atoms with Crippen LogP contribution in [-0.2, 0) is 0 Å². The van der Waals surface area contributed by atoms with Crippen LogP contribution in [0.25, 0.3) is 0 Å². The van der Waals surface area contributed by atoms with E-state index < -0.39 is 0 Å². The fraction of sp³-hybridized carbons (Fsp3) is 0.533. The van der Waals surface area contributed by atoms with Gasteiger partial charge in [0, 0.05) is 28.9 Å². The van der Waals surface area contributed by atoms with E-state index in [9.17, 15) is 4.79 Å². The molecule has 1 aromatic carbocycles. The molecule has 2 nitrogen and oxygen atoms in total. The predicted molar refractivity (Wildman–Crippen MR) is 82.2 cm³/mol. The molecule has 1 aliphatic heterocycles. The first kappa shape index (κ1) is 14.7. The van der Waals surface area contributed by atoms with Crippen LogP contribution in [0, 0.1) is 0 Å². The number of amides is 1. The van der Waals surface area contributed by atoms with E-state index in [-0.39, 0.29) is 5.91 Å². The molecule has 1 atom stereocenters. The maximum atomic E-state index is 12.5. The highest BCUT2D eigenvalue weighted by molar-refractivity contribution is 7.98. The van der Waals surface area contributed by atoms with E-state index in [2.05, 4.69) is 0 Å². The van der Waals surface area contributed by atoms with Crippen LogP contribution in [0.5, 0.6) is 0 Å². The highest BCUT2D eigenvalue weighted by Crippen LogP contribution is 2.24. The molecule has 1 amide bonds. The van der Waals surface area contributed by atoms with Gasteiger partial charge in [-0.3, -0.25) is 4.79 Å². The molecule has 1 saturated heterocycles. The SMILES string of the molecule is CSc1ccc(C(=O)N2CCCC2CCCCl)cc1. The van der Waals surface area contributed by atoms with Gasteiger partial charge in [0.1, 0.15) is 0 Å². The normalized spacial score (nSPS) is 18.8. The minimum atomic E-state index is 0.171. The molecule has 0 aliphatic carbocycles. The van der Waals surface area contributed by atoms with Crippen molar-refractivity contribution in [2.24, 2.45) is 0 Å². The Labute approximate surface area is 124 Å². The maximum absolute atomic E-state index is 12.5. The van der Waals surface area contributed by atoms with Crippen molar-refractivity contribution in [3.63, 3.8) is 0 Å². The van der Waals surface area contributed by atoms with Gasteiger partial charge >= 0.3 is 0 Å². The standard InChI is InChI=1S/C15H20ClNOS/c1-19-14-8-6-12(7-9-14)15(18)17-11-3-5-13(17)4-2-10-16/h6-9,13H,2-5,10-11H2,1H3. The Balaban J connectivity index is 2.04. The van der Waals surface area contributed by atoms with Gasteiger partial charge in [-0.05, 0) is 56.2 Å². The lowest BCUT2D eigenvalue weighted by molar-refractivity contribution is 0.0730. The minimum Gasteiger partial charge on any atom is -0.336 e. The van der Waals surface area contributed by atoms with Gasteiger partial charge in [0.05, 0.1) is 0 Å². The van der Waals surface area contributed by atoms with Crippen LogP contribution in [0.2, 0.25) is 0 Å². The third kappa shape index (κ3) is 3.67. The maximum Gasteiger partial charge on any atom is 0.254 e. The van der Waals surface area contributed by atoms with E-state index in [4.69, 9.17) is 11.6 Å². The monoisotopic (exact) mass is 297 g/mol. The number of halogens is 1. The zero-order chi connectivity index (χ0) is 13.7. The Morgan fingerprint density at radius 3 is 2.79 bits per heavy atom. The van der Waals surface area contributed by atoms with E-state index in [1.54, 1.807) is 11.8 Å². The first-order valence-electron chi connectivity index (χ1n) is 6.77. The third-order valence-corrected chi connectivity index (χ3v) is 4.66. The topological polar surface area (TPSA) is 20.3 Å². The molecule has 1 unspecified atom stereocenters. The van der Waals surface area contributed by atoms with Gasteiger partial charge in [-0.25, -0.2) is 0 Å². The van der Waals surface area contributed by atoms with Crippen LogP contribution in [0.4, 0.5) is 0 Å². The van der Waals surface area contributed by atoms with Crippen LogP contribution in [0.3, 0.4) is 0 Å². The molecule has 2 rings (SSSR count). The molecule has 0 bridgehead atoms. The molecule has 19 heavy (non-hydrogen) atoms. The van der Waals surface area contributed by atoms with Crippen LogP contribution in [0.15, 0.2) is 29.2 Å². The lowest BCUT2D eigenvalue weighted by Gasteiger charge is -2.24. The van der Waals surface area contributed by atoms with Gasteiger partial charge in [-0.15, -0.1) is 23.4 Å². The highest BCUT2D eigenvalue weighted by atomic mass is 35.5. The minimum absolute atomic E-state index is 0.171. The number of hydrogen-bond acceptors (Lipinski definition) is 2. The molecule has 0 radical (unpaired) electrons. The van der Waals surface area contributed by atoms with Crippen molar-refractivity contribution in [2.75, 3.05) is 18.7 Å². The molecule has 0 N–H and O–H groups in total. The fourth-order valence-electron chi connectivity index (χ4n) is 2.62. The number of rotatable bonds is 5. The molecule has 1 aromatic rings. The zero-order valence-electron chi connectivity index (χ0n) is 11.3. The van der Waals surface area contributed by atoms with Gasteiger partial charge in [-0.1, -0.05) is 0 Å². The zero-order valence-corrected chi connectivity index (χ0v) is 12.8. The van der Waals surface area contributed by atoms with Crippen LogP contribution < -0.4 is 0 Å². The van der Waals surface area contributed by atoms with Crippen molar-refractivity contribution in [3.05, 3.63) is 29.8 Å². The molecule has 4 heteroatoms. The summed E-state index contributed by atoms with van der Waals surface area (Å²) in [6.45, 7) is 0.885. The predicted octanol–water partition coefficient (Wildman–Crippen LogP) is 4.03. The van der Waals surface area contributed by atoms with Crippen LogP contribution >= 0.6 is 23.4 Å². The Bertz CT molecular complexity index is 421. The summed E-state index contributed by atoms with van der Waals surface area (Å²) < 4.78 is 0. The molecular formula is C15H20ClNOS. The Kier molecular flexibility index (Phi) is 5.59. The average Bonchev–Trinajstić information content (AvgIpc) is 2.92. The molecule has 0 saturated carbocycles. The van der Waals surface area contributed by atoms with E-state index in [0.29, 0.717) is 11.9 Å². The van der Waals surface area contributed by atoms with Gasteiger partial charge in [0.15, 0.2) is 0 Å². The first-order chi connectivity index (χ1) is 9.26. The molecular weight excluding hydrogens is 278 g/mol. The van der Waals surface area contributed by atoms with Gasteiger partial charge in [-0.2, -0.15) is 0 Å². The number of carbonyl (C=O) groups excluding carboxylic acids is 1. The lowest BCUT2D eigenvalue weighted by Crippen LogP contribution is -2.35. The smallest absolute Gasteiger partial charge is 0.254 e. The number of likely N-dealkylation sites (tertiary alicyclic amines) is 1. The largest absolute Gasteiger partial charge is 0.336 e. The number of carbonyl (C=O) groups is 1. The van der Waals surface area contributed by atoms with Crippen molar-refractivity contribution in [3.8, 4) is 0 Å². The summed E-state index contributed by atoms with van der Waals surface area (Å²) >= 11 is 7.45. The molecule has 1 aliphatic rings. The van der Waals surface area contributed by atoms with Crippen LogP contribution in [0.1, 0.15) is 36.0 Å². The second-order valence-electron chi connectivity index (χ2n) is 4.85. The molecule has 104 valence electrons. The summed E-state index contributed by atoms with van der Waals surface area (Å²) in [5, 5.41) is 0. The number of alkyl halides is 1. The van der Waals surface area contributed by atoms with Crippen molar-refractivity contribution in [1.82, 2.24) is 4.90 Å². The van der Waals surface area contributed by atoms with Crippen LogP contribution in [-0.4, -0.2) is 35.5 Å². The Hall–Kier alpha value is -0.670. The molecule has 0 spiro atoms. The van der Waals surface area contributed by atoms with E-state index in [1.165, 1.54) is 4.90 Å². The lowest BCUT2D eigenvalue weighted by atomic mass is 10.1. The summed E-state index contributed by atoms with van der Waals surface area (Å²) in [5.41, 5.74) is 0.801. The summed E-state index contributed by atoms with van der Waals surface area (Å²) in [4.78, 5) is 15.7. The first-order valence-corrected chi connectivity index (χ1v) is 8.53. The summed E-state index contributed by atoms with van der Waals surface area (Å²) in [5.74, 6) is 0.853. The van der Waals surface area contributed by atoms with Crippen molar-refractivity contribution < 1.29 is 4.79 Å². The second kappa shape index (κ2) is 7.20. The van der Waals surface area contributed by atoms with Crippen molar-refractivity contribution in [2.45, 2.75) is 36.6 Å². The van der Waals surface area contributed by atoms with E-state index in [1.807, 2.05) is 35.4 Å². The summed E-state index contributed by atoms with van der Waals surface area (Å²) in [6, 6.07) is 8.28. The molecule has 1 fully saturated rings. The van der Waals surface area contributed by atoms with Gasteiger partial charge < -0.3 is 4.90 Å². The Morgan fingerprint density at radius 1 is 1.42 bits per heavy atom. The molecule has 0 aromatic heterocycles. The number of benzene rings is 1. The van der Waals surface area contributed by atoms with Crippen molar-refractivity contribution >= 4 is 29.3 Å². The van der Waals surface area contributed by atoms with Gasteiger partial charge in [0.2, 0.25) is 0 Å².